The molecule has 0 aromatic heterocycles. The third-order valence-electron chi connectivity index (χ3n) is 29.4. The molecule has 6 fully saturated rings. The lowest BCUT2D eigenvalue weighted by atomic mass is 9.51. The van der Waals surface area contributed by atoms with Gasteiger partial charge in [-0.3, -0.25) is 14.4 Å². The third kappa shape index (κ3) is 13.8. The van der Waals surface area contributed by atoms with Crippen LogP contribution in [-0.4, -0.2) is 54.6 Å². The van der Waals surface area contributed by atoms with Crippen LogP contribution in [0, 0.1) is 101 Å². The first-order chi connectivity index (χ1) is 54.0. The number of carbonyl (C=O) groups excluding carboxylic acids is 3. The molecule has 576 valence electrons. The second kappa shape index (κ2) is 30.6. The van der Waals surface area contributed by atoms with Crippen LogP contribution in [0.15, 0.2) is 214 Å². The lowest BCUT2D eigenvalue weighted by molar-refractivity contribution is -0.115. The van der Waals surface area contributed by atoms with Crippen molar-refractivity contribution in [2.45, 2.75) is 231 Å². The summed E-state index contributed by atoms with van der Waals surface area (Å²) < 4.78 is 18.4. The van der Waals surface area contributed by atoms with Crippen LogP contribution in [0.1, 0.15) is 228 Å². The Kier molecular flexibility index (Phi) is 20.9. The zero-order valence-electron chi connectivity index (χ0n) is 66.6. The Labute approximate surface area is 663 Å². The third-order valence-corrected chi connectivity index (χ3v) is 29.4. The van der Waals surface area contributed by atoms with Gasteiger partial charge < -0.3 is 34.6 Å². The summed E-state index contributed by atoms with van der Waals surface area (Å²) in [6.45, 7) is 16.5. The number of hydrogen-bond donors (Lipinski definition) is 4. The fraction of sp³-hybridized carbons (Fsp3) is 0.441. The number of rotatable bonds is 10. The fourth-order valence-electron chi connectivity index (χ4n) is 23.8. The van der Waals surface area contributed by atoms with Crippen LogP contribution < -0.4 is 14.2 Å². The molecular formula is C102H108O10. The van der Waals surface area contributed by atoms with E-state index in [1.54, 1.807) is 0 Å². The molecule has 12 aliphatic carbocycles. The molecule has 0 amide bonds. The minimum atomic E-state index is -0.969. The fourth-order valence-corrected chi connectivity index (χ4v) is 23.8. The van der Waals surface area contributed by atoms with Crippen LogP contribution in [0.25, 0.3) is 0 Å². The summed E-state index contributed by atoms with van der Waals surface area (Å²) in [7, 11) is 0. The minimum absolute atomic E-state index is 0.0129. The molecule has 0 bridgehead atoms. The van der Waals surface area contributed by atoms with Crippen molar-refractivity contribution in [2.75, 3.05) is 0 Å². The smallest absolute Gasteiger partial charge is 0.156 e. The van der Waals surface area contributed by atoms with Gasteiger partial charge in [0.05, 0.1) is 6.61 Å². The van der Waals surface area contributed by atoms with E-state index in [1.165, 1.54) is 72.4 Å². The highest BCUT2D eigenvalue weighted by Gasteiger charge is 2.66. The van der Waals surface area contributed by atoms with Gasteiger partial charge in [0, 0.05) is 53.3 Å². The molecule has 0 heterocycles. The minimum Gasteiger partial charge on any atom is -0.457 e. The van der Waals surface area contributed by atoms with E-state index in [-0.39, 0.29) is 58.0 Å². The SMILES string of the molecule is CC#C[C@]1(O)CC[C@H]2[C@@H]3CCC4=CC(=O)CCC4=C3[C@@H](c3ccc(Oc4ccc(CO)cc4)cc3)C[C@@]21C.CC#C[C@]1(O)CC[C@H]2[C@@H]3CCC4=CC(=O)CCC4=C3[C@@H](c3ccc(Oc4cccc(C)c4)cc3)C[C@@]21C.CC#C[C@]1(O)CC[C@H]2[C@@H]3CCC4=CC(=O)CCC4=C3[C@@H](c3ccc(Oc4ccccc4C)cc3)C[C@@]21C. The number of allylic oxidation sites excluding steroid dienone is 12. The van der Waals surface area contributed by atoms with Crippen molar-refractivity contribution in [3.8, 4) is 70.0 Å². The normalized spacial score (nSPS) is 32.3. The number of ketones is 3. The Morgan fingerprint density at radius 1 is 0.393 bits per heavy atom. The van der Waals surface area contributed by atoms with Crippen LogP contribution in [0.3, 0.4) is 0 Å². The van der Waals surface area contributed by atoms with Crippen molar-refractivity contribution in [1.82, 2.24) is 0 Å². The van der Waals surface area contributed by atoms with E-state index in [0.29, 0.717) is 54.8 Å². The highest BCUT2D eigenvalue weighted by atomic mass is 16.5. The van der Waals surface area contributed by atoms with Crippen molar-refractivity contribution in [2.24, 2.45) is 51.8 Å². The maximum Gasteiger partial charge on any atom is 0.156 e. The van der Waals surface area contributed by atoms with Crippen LogP contribution in [0.2, 0.25) is 0 Å². The van der Waals surface area contributed by atoms with Crippen molar-refractivity contribution in [1.29, 1.82) is 0 Å². The average molecular weight is 1490 g/mol. The van der Waals surface area contributed by atoms with Crippen LogP contribution in [0.4, 0.5) is 0 Å². The van der Waals surface area contributed by atoms with E-state index in [1.807, 2.05) is 112 Å². The van der Waals surface area contributed by atoms with Gasteiger partial charge >= 0.3 is 0 Å². The summed E-state index contributed by atoms with van der Waals surface area (Å²) in [6.07, 6.45) is 23.9. The van der Waals surface area contributed by atoms with Crippen molar-refractivity contribution < 1.29 is 49.0 Å². The predicted molar refractivity (Wildman–Crippen MR) is 440 cm³/mol. The first kappa shape index (κ1) is 76.7. The lowest BCUT2D eigenvalue weighted by Gasteiger charge is -2.53. The van der Waals surface area contributed by atoms with Gasteiger partial charge in [-0.05, 0) is 337 Å². The first-order valence-corrected chi connectivity index (χ1v) is 41.5. The summed E-state index contributed by atoms with van der Waals surface area (Å²) in [6, 6.07) is 49.2. The van der Waals surface area contributed by atoms with E-state index >= 15 is 0 Å². The molecular weight excluding hydrogens is 1390 g/mol. The zero-order chi connectivity index (χ0) is 78.1. The van der Waals surface area contributed by atoms with Crippen LogP contribution in [0.5, 0.6) is 34.5 Å². The number of fused-ring (bicyclic) bond motifs is 12. The Morgan fingerprint density at radius 3 is 1.09 bits per heavy atom. The number of benzene rings is 6. The van der Waals surface area contributed by atoms with E-state index < -0.39 is 16.8 Å². The highest BCUT2D eigenvalue weighted by Crippen LogP contribution is 2.70. The number of ether oxygens (including phenoxy) is 3. The van der Waals surface area contributed by atoms with Gasteiger partial charge in [-0.25, -0.2) is 0 Å². The van der Waals surface area contributed by atoms with Gasteiger partial charge in [0.15, 0.2) is 17.3 Å². The maximum absolute atomic E-state index is 12.3. The number of aliphatic hydroxyl groups is 4. The van der Waals surface area contributed by atoms with Crippen molar-refractivity contribution in [3.05, 3.63) is 247 Å². The molecule has 6 aromatic carbocycles. The number of aliphatic hydroxyl groups excluding tert-OH is 1. The molecule has 15 atom stereocenters. The van der Waals surface area contributed by atoms with Gasteiger partial charge in [-0.2, -0.15) is 0 Å². The van der Waals surface area contributed by atoms with Gasteiger partial charge in [0.25, 0.3) is 0 Å². The van der Waals surface area contributed by atoms with E-state index in [2.05, 4.69) is 143 Å². The number of hydrogen-bond acceptors (Lipinski definition) is 10. The second-order valence-electron chi connectivity index (χ2n) is 35.2. The summed E-state index contributed by atoms with van der Waals surface area (Å²) in [5.74, 6) is 27.6. The molecule has 112 heavy (non-hydrogen) atoms. The molecule has 10 nitrogen and oxygen atoms in total. The predicted octanol–water partition coefficient (Wildman–Crippen LogP) is 21.5. The van der Waals surface area contributed by atoms with Crippen LogP contribution in [-0.2, 0) is 21.0 Å². The monoisotopic (exact) mass is 1490 g/mol. The Hall–Kier alpha value is -9.31. The highest BCUT2D eigenvalue weighted by molar-refractivity contribution is 5.94. The molecule has 6 saturated carbocycles. The quantitative estimate of drug-likeness (QED) is 0.0973. The Morgan fingerprint density at radius 2 is 0.741 bits per heavy atom. The van der Waals surface area contributed by atoms with E-state index in [9.17, 15) is 34.8 Å². The molecule has 10 heteroatoms. The number of carbonyl (C=O) groups is 3. The van der Waals surface area contributed by atoms with Gasteiger partial charge in [0.1, 0.15) is 51.3 Å². The summed E-state index contributed by atoms with van der Waals surface area (Å²) in [4.78, 5) is 36.8. The molecule has 12 aliphatic rings. The summed E-state index contributed by atoms with van der Waals surface area (Å²) in [5, 5.41) is 44.8. The van der Waals surface area contributed by atoms with Crippen molar-refractivity contribution in [3.63, 3.8) is 0 Å². The lowest BCUT2D eigenvalue weighted by Crippen LogP contribution is -2.51. The van der Waals surface area contributed by atoms with Crippen molar-refractivity contribution >= 4 is 17.3 Å². The molecule has 4 N–H and O–H groups in total. The first-order valence-electron chi connectivity index (χ1n) is 41.5. The van der Waals surface area contributed by atoms with Crippen LogP contribution >= 0.6 is 0 Å². The Bertz CT molecular complexity index is 5120. The molecule has 0 unspecified atom stereocenters. The molecule has 18 rings (SSSR count). The maximum atomic E-state index is 12.3. The standard InChI is InChI=1S/C34H36O4.2C34H36O3/c1-3-17-34(37)18-16-31-29-14-8-24-19-25(36)9-15-28(24)32(29)30(20-33(31,34)2)23-6-12-27(13-7-23)38-26-10-4-22(21-35)5-11-26;1-4-17-34(36)18-16-31-29-14-10-24-20-25(35)11-15-28(24)32(29)30(21-33(31,34)3)23-8-12-26(13-9-23)37-27-7-5-6-22(2)19-27;1-4-18-34(36)19-17-30-28-15-11-24-20-25(35)12-16-27(24)32(28)29(21-33(30,34)3)23-9-13-26(14-10-23)37-31-8-6-5-7-22(31)2/h4-7,10-13,19,29-31,35,37H,8-9,14-16,18,20-21H2,1-2H3;5-9,12-13,19-20,29-31,36H,10-11,14-16,18,21H2,1-3H3;5-10,13-14,20,28-30,36H,11-12,15-17,19,21H2,1-3H3/t2*29-,30+,31-,33-,34-;28-,29+,30-,33-,34-/m000/s1. The zero-order valence-corrected chi connectivity index (χ0v) is 66.6. The average Bonchev–Trinajstić information content (AvgIpc) is 1.49. The molecule has 0 radical (unpaired) electrons. The Balaban J connectivity index is 0.000000127. The topological polar surface area (TPSA) is 160 Å². The summed E-state index contributed by atoms with van der Waals surface area (Å²) in [5.41, 5.74) is 15.8. The summed E-state index contributed by atoms with van der Waals surface area (Å²) >= 11 is 0. The van der Waals surface area contributed by atoms with Gasteiger partial charge in [-0.1, -0.05) is 134 Å². The molecule has 6 aromatic rings. The van der Waals surface area contributed by atoms with Gasteiger partial charge in [-0.15, -0.1) is 17.8 Å². The molecule has 0 aliphatic heterocycles. The molecule has 0 spiro atoms. The van der Waals surface area contributed by atoms with E-state index in [0.717, 1.165) is 161 Å². The molecule has 0 saturated heterocycles. The second-order valence-corrected chi connectivity index (χ2v) is 35.2. The van der Waals surface area contributed by atoms with Gasteiger partial charge in [0.2, 0.25) is 0 Å². The largest absolute Gasteiger partial charge is 0.457 e. The van der Waals surface area contributed by atoms with E-state index in [4.69, 9.17) is 14.2 Å². The number of para-hydroxylation sites is 1. The number of aryl methyl sites for hydroxylation is 2.